The Hall–Kier alpha value is -2.39. The third-order valence-corrected chi connectivity index (χ3v) is 5.31. The van der Waals surface area contributed by atoms with Gasteiger partial charge in [-0.1, -0.05) is 17.7 Å². The highest BCUT2D eigenvalue weighted by Gasteiger charge is 2.12. The maximum absolute atomic E-state index is 12.3. The van der Waals surface area contributed by atoms with Gasteiger partial charge in [-0.2, -0.15) is 0 Å². The molecule has 2 rings (SSSR count). The zero-order valence-electron chi connectivity index (χ0n) is 16.2. The van der Waals surface area contributed by atoms with E-state index in [0.29, 0.717) is 31.5 Å². The summed E-state index contributed by atoms with van der Waals surface area (Å²) < 4.78 is 32.6. The van der Waals surface area contributed by atoms with Crippen molar-refractivity contribution >= 4 is 16.0 Å². The minimum absolute atomic E-state index is 0.234. The van der Waals surface area contributed by atoms with Gasteiger partial charge in [0, 0.05) is 19.6 Å². The van der Waals surface area contributed by atoms with E-state index in [1.807, 2.05) is 27.7 Å². The maximum atomic E-state index is 12.3. The molecule has 0 fully saturated rings. The fourth-order valence-electron chi connectivity index (χ4n) is 2.26. The predicted octanol–water partition coefficient (Wildman–Crippen LogP) is 1.63. The van der Waals surface area contributed by atoms with Crippen molar-refractivity contribution in [3.63, 3.8) is 0 Å². The topological polar surface area (TPSA) is 109 Å². The summed E-state index contributed by atoms with van der Waals surface area (Å²) in [6.07, 6.45) is 0. The lowest BCUT2D eigenvalue weighted by Crippen LogP contribution is -2.41. The van der Waals surface area contributed by atoms with E-state index >= 15 is 0 Å². The van der Waals surface area contributed by atoms with Crippen LogP contribution in [0.3, 0.4) is 0 Å². The van der Waals surface area contributed by atoms with E-state index in [2.05, 4.69) is 25.3 Å². The van der Waals surface area contributed by atoms with Crippen molar-refractivity contribution in [2.24, 2.45) is 4.99 Å². The van der Waals surface area contributed by atoms with Gasteiger partial charge < -0.3 is 15.1 Å². The summed E-state index contributed by atoms with van der Waals surface area (Å²) >= 11 is 0. The molecule has 0 aliphatic heterocycles. The first-order valence-corrected chi connectivity index (χ1v) is 10.3. The Morgan fingerprint density at radius 2 is 1.81 bits per heavy atom. The van der Waals surface area contributed by atoms with Gasteiger partial charge in [0.1, 0.15) is 12.3 Å². The summed E-state index contributed by atoms with van der Waals surface area (Å²) in [5.74, 6) is 1.89. The van der Waals surface area contributed by atoms with Crippen molar-refractivity contribution in [3.8, 4) is 0 Å². The Morgan fingerprint density at radius 1 is 1.11 bits per heavy atom. The van der Waals surface area contributed by atoms with Crippen molar-refractivity contribution in [1.29, 1.82) is 0 Å². The summed E-state index contributed by atoms with van der Waals surface area (Å²) in [4.78, 5) is 8.94. The second kappa shape index (κ2) is 9.52. The standard InChI is InChI=1S/C18H27N5O3S/c1-5-19-18(21-12-17-23-14(3)15(4)26-17)20-10-11-22-27(24,25)16-8-6-13(2)7-9-16/h6-9,22H,5,10-12H2,1-4H3,(H2,19,20,21). The lowest BCUT2D eigenvalue weighted by Gasteiger charge is -2.12. The summed E-state index contributed by atoms with van der Waals surface area (Å²) in [5, 5.41) is 6.19. The van der Waals surface area contributed by atoms with Crippen LogP contribution in [-0.2, 0) is 16.6 Å². The van der Waals surface area contributed by atoms with Crippen LogP contribution in [0.4, 0.5) is 0 Å². The highest BCUT2D eigenvalue weighted by Crippen LogP contribution is 2.10. The Labute approximate surface area is 160 Å². The number of oxazole rings is 1. The van der Waals surface area contributed by atoms with Gasteiger partial charge in [-0.25, -0.2) is 23.1 Å². The van der Waals surface area contributed by atoms with Crippen LogP contribution in [0.5, 0.6) is 0 Å². The number of nitrogens with zero attached hydrogens (tertiary/aromatic N) is 2. The second-order valence-electron chi connectivity index (χ2n) is 6.08. The minimum atomic E-state index is -3.52. The number of hydrogen-bond donors (Lipinski definition) is 3. The van der Waals surface area contributed by atoms with Crippen LogP contribution >= 0.6 is 0 Å². The molecule has 0 saturated heterocycles. The average Bonchev–Trinajstić information content (AvgIpc) is 2.94. The van der Waals surface area contributed by atoms with Gasteiger partial charge in [0.2, 0.25) is 15.9 Å². The van der Waals surface area contributed by atoms with E-state index < -0.39 is 10.0 Å². The summed E-state index contributed by atoms with van der Waals surface area (Å²) in [6, 6.07) is 6.73. The monoisotopic (exact) mass is 393 g/mol. The number of aromatic nitrogens is 1. The van der Waals surface area contributed by atoms with E-state index in [1.54, 1.807) is 24.3 Å². The lowest BCUT2D eigenvalue weighted by molar-refractivity contribution is 0.473. The number of hydrogen-bond acceptors (Lipinski definition) is 5. The fourth-order valence-corrected chi connectivity index (χ4v) is 3.29. The quantitative estimate of drug-likeness (QED) is 0.357. The molecule has 0 aliphatic carbocycles. The summed E-state index contributed by atoms with van der Waals surface area (Å²) in [5.41, 5.74) is 1.86. The molecule has 1 heterocycles. The van der Waals surface area contributed by atoms with Crippen LogP contribution in [0.25, 0.3) is 0 Å². The van der Waals surface area contributed by atoms with Gasteiger partial charge in [-0.05, 0) is 39.8 Å². The zero-order chi connectivity index (χ0) is 19.9. The largest absolute Gasteiger partial charge is 0.444 e. The van der Waals surface area contributed by atoms with E-state index in [4.69, 9.17) is 4.42 Å². The van der Waals surface area contributed by atoms with Crippen LogP contribution in [0.1, 0.15) is 29.8 Å². The Kier molecular flexibility index (Phi) is 7.37. The number of benzene rings is 1. The molecule has 2 aromatic rings. The molecule has 1 aromatic heterocycles. The van der Waals surface area contributed by atoms with Crippen molar-refractivity contribution < 1.29 is 12.8 Å². The van der Waals surface area contributed by atoms with E-state index in [0.717, 1.165) is 17.0 Å². The number of rotatable bonds is 8. The molecule has 0 atom stereocenters. The van der Waals surface area contributed by atoms with Crippen LogP contribution in [0.2, 0.25) is 0 Å². The number of guanidine groups is 1. The van der Waals surface area contributed by atoms with E-state index in [-0.39, 0.29) is 11.4 Å². The first-order valence-electron chi connectivity index (χ1n) is 8.83. The second-order valence-corrected chi connectivity index (χ2v) is 7.85. The van der Waals surface area contributed by atoms with Gasteiger partial charge in [0.15, 0.2) is 5.96 Å². The molecule has 0 unspecified atom stereocenters. The maximum Gasteiger partial charge on any atom is 0.240 e. The minimum Gasteiger partial charge on any atom is -0.444 e. The molecule has 148 valence electrons. The molecule has 3 N–H and O–H groups in total. The average molecular weight is 394 g/mol. The molecule has 8 nitrogen and oxygen atoms in total. The normalized spacial score (nSPS) is 12.2. The van der Waals surface area contributed by atoms with Crippen molar-refractivity contribution in [2.75, 3.05) is 19.6 Å². The van der Waals surface area contributed by atoms with Gasteiger partial charge >= 0.3 is 0 Å². The predicted molar refractivity (Wildman–Crippen MR) is 105 cm³/mol. The fraction of sp³-hybridized carbons (Fsp3) is 0.444. The van der Waals surface area contributed by atoms with Gasteiger partial charge in [-0.15, -0.1) is 0 Å². The van der Waals surface area contributed by atoms with E-state index in [1.165, 1.54) is 0 Å². The number of aliphatic imine (C=N–C) groups is 1. The molecule has 0 saturated carbocycles. The van der Waals surface area contributed by atoms with Crippen molar-refractivity contribution in [3.05, 3.63) is 47.2 Å². The first-order chi connectivity index (χ1) is 12.8. The molecule has 0 amide bonds. The summed E-state index contributed by atoms with van der Waals surface area (Å²) in [6.45, 7) is 9.23. The molecule has 0 aliphatic rings. The Balaban J connectivity index is 1.86. The van der Waals surface area contributed by atoms with Gasteiger partial charge in [0.05, 0.1) is 10.6 Å². The smallest absolute Gasteiger partial charge is 0.240 e. The Bertz CT molecular complexity index is 853. The highest BCUT2D eigenvalue weighted by molar-refractivity contribution is 7.89. The zero-order valence-corrected chi connectivity index (χ0v) is 17.0. The van der Waals surface area contributed by atoms with Gasteiger partial charge in [0.25, 0.3) is 0 Å². The molecule has 0 spiro atoms. The number of sulfonamides is 1. The molecule has 0 radical (unpaired) electrons. The molecule has 27 heavy (non-hydrogen) atoms. The molecule has 0 bridgehead atoms. The molecular weight excluding hydrogens is 366 g/mol. The highest BCUT2D eigenvalue weighted by atomic mass is 32.2. The van der Waals surface area contributed by atoms with Crippen LogP contribution in [-0.4, -0.2) is 39.0 Å². The lowest BCUT2D eigenvalue weighted by atomic mass is 10.2. The van der Waals surface area contributed by atoms with Gasteiger partial charge in [-0.3, -0.25) is 0 Å². The van der Waals surface area contributed by atoms with E-state index in [9.17, 15) is 8.42 Å². The number of nitrogens with one attached hydrogen (secondary N) is 3. The van der Waals surface area contributed by atoms with Crippen LogP contribution in [0, 0.1) is 20.8 Å². The van der Waals surface area contributed by atoms with Crippen LogP contribution in [0.15, 0.2) is 38.6 Å². The molecular formula is C18H27N5O3S. The first kappa shape index (κ1) is 20.9. The molecule has 1 aromatic carbocycles. The molecule has 9 heteroatoms. The van der Waals surface area contributed by atoms with Crippen molar-refractivity contribution in [2.45, 2.75) is 39.1 Å². The third kappa shape index (κ3) is 6.37. The van der Waals surface area contributed by atoms with Crippen molar-refractivity contribution in [1.82, 2.24) is 20.3 Å². The third-order valence-electron chi connectivity index (χ3n) is 3.83. The summed E-state index contributed by atoms with van der Waals surface area (Å²) in [7, 11) is -3.52. The van der Waals surface area contributed by atoms with Crippen LogP contribution < -0.4 is 15.4 Å². The SMILES string of the molecule is CCNC(=NCc1nc(C)c(C)o1)NCCNS(=O)(=O)c1ccc(C)cc1. The Morgan fingerprint density at radius 3 is 2.41 bits per heavy atom. The number of aryl methyl sites for hydroxylation is 3.